The van der Waals surface area contributed by atoms with Gasteiger partial charge in [-0.15, -0.1) is 0 Å². The van der Waals surface area contributed by atoms with Crippen molar-refractivity contribution >= 4 is 23.4 Å². The number of piperidine rings is 1. The number of carbonyl (C=O) groups is 3. The third-order valence-electron chi connectivity index (χ3n) is 5.70. The highest BCUT2D eigenvalue weighted by molar-refractivity contribution is 6.40. The van der Waals surface area contributed by atoms with E-state index in [0.29, 0.717) is 5.56 Å². The highest BCUT2D eigenvalue weighted by Crippen LogP contribution is 2.31. The van der Waals surface area contributed by atoms with Gasteiger partial charge in [0.15, 0.2) is 0 Å². The molecule has 3 aromatic rings. The minimum atomic E-state index is -1.54. The second-order valence-corrected chi connectivity index (χ2v) is 7.89. The van der Waals surface area contributed by atoms with E-state index >= 15 is 4.39 Å². The molecule has 0 N–H and O–H groups in total. The maximum atomic E-state index is 15.4. The molecule has 34 heavy (non-hydrogen) atoms. The molecule has 1 aliphatic heterocycles. The molecule has 1 fully saturated rings. The standard InChI is InChI=1S/C22H21F2N5O5/c1-33-18-16(27-29-15(12-25-21(29)26-18)17(30)20(32)34-2)19(31)28-9-7-22(24,8-10-28)11-13-3-5-14(23)6-4-13/h3-6,12H,7-11H2,1-2H3. The summed E-state index contributed by atoms with van der Waals surface area (Å²) in [5.74, 6) is -3.26. The molecule has 1 aliphatic rings. The molecule has 0 bridgehead atoms. The molecular weight excluding hydrogens is 452 g/mol. The van der Waals surface area contributed by atoms with Crippen molar-refractivity contribution in [2.75, 3.05) is 27.3 Å². The predicted molar refractivity (Wildman–Crippen MR) is 113 cm³/mol. The van der Waals surface area contributed by atoms with Crippen LogP contribution in [0.1, 0.15) is 39.4 Å². The number of amides is 1. The molecule has 0 atom stereocenters. The molecule has 178 valence electrons. The van der Waals surface area contributed by atoms with E-state index < -0.39 is 29.1 Å². The summed E-state index contributed by atoms with van der Waals surface area (Å²) < 4.78 is 39.1. The zero-order valence-electron chi connectivity index (χ0n) is 18.5. The van der Waals surface area contributed by atoms with Crippen LogP contribution in [0.2, 0.25) is 0 Å². The number of rotatable bonds is 6. The molecule has 1 aromatic carbocycles. The number of imidazole rings is 1. The van der Waals surface area contributed by atoms with Crippen molar-refractivity contribution in [2.24, 2.45) is 0 Å². The van der Waals surface area contributed by atoms with Crippen LogP contribution in [0.5, 0.6) is 5.88 Å². The summed E-state index contributed by atoms with van der Waals surface area (Å²) in [6, 6.07) is 5.66. The van der Waals surface area contributed by atoms with Gasteiger partial charge in [0.2, 0.25) is 5.69 Å². The molecule has 12 heteroatoms. The van der Waals surface area contributed by atoms with Crippen molar-refractivity contribution in [3.63, 3.8) is 0 Å². The van der Waals surface area contributed by atoms with E-state index in [2.05, 4.69) is 19.8 Å². The number of aromatic nitrogens is 4. The van der Waals surface area contributed by atoms with Crippen LogP contribution in [0.25, 0.3) is 5.78 Å². The number of likely N-dealkylation sites (tertiary alicyclic amines) is 1. The first-order chi connectivity index (χ1) is 16.2. The molecule has 0 radical (unpaired) electrons. The molecule has 0 saturated carbocycles. The lowest BCUT2D eigenvalue weighted by Crippen LogP contribution is -2.46. The van der Waals surface area contributed by atoms with E-state index in [4.69, 9.17) is 4.74 Å². The van der Waals surface area contributed by atoms with Crippen molar-refractivity contribution in [1.29, 1.82) is 0 Å². The summed E-state index contributed by atoms with van der Waals surface area (Å²) in [6.45, 7) is 0.217. The Morgan fingerprint density at radius 3 is 2.41 bits per heavy atom. The number of ether oxygens (including phenoxy) is 2. The van der Waals surface area contributed by atoms with Gasteiger partial charge in [0.1, 0.15) is 17.2 Å². The van der Waals surface area contributed by atoms with Crippen LogP contribution in [-0.2, 0) is 16.0 Å². The molecule has 0 spiro atoms. The second-order valence-electron chi connectivity index (χ2n) is 7.89. The number of fused-ring (bicyclic) bond motifs is 1. The first-order valence-corrected chi connectivity index (χ1v) is 10.4. The smallest absolute Gasteiger partial charge is 0.381 e. The maximum Gasteiger partial charge on any atom is 0.381 e. The SMILES string of the molecule is COC(=O)C(=O)c1cnc2nc(OC)c(C(=O)N3CCC(F)(Cc4ccc(F)cc4)CC3)nn12. The number of hydrogen-bond acceptors (Lipinski definition) is 8. The molecular formula is C22H21F2N5O5. The van der Waals surface area contributed by atoms with Crippen LogP contribution in [0.15, 0.2) is 30.5 Å². The van der Waals surface area contributed by atoms with Crippen LogP contribution < -0.4 is 4.74 Å². The lowest BCUT2D eigenvalue weighted by atomic mass is 9.87. The Labute approximate surface area is 192 Å². The number of alkyl halides is 1. The fourth-order valence-corrected chi connectivity index (χ4v) is 3.83. The van der Waals surface area contributed by atoms with E-state index in [9.17, 15) is 18.8 Å². The van der Waals surface area contributed by atoms with E-state index in [1.54, 1.807) is 12.1 Å². The summed E-state index contributed by atoms with van der Waals surface area (Å²) in [7, 11) is 2.36. The fourth-order valence-electron chi connectivity index (χ4n) is 3.83. The number of Topliss-reactive ketones (excluding diaryl/α,β-unsaturated/α-hetero) is 1. The van der Waals surface area contributed by atoms with Gasteiger partial charge >= 0.3 is 5.97 Å². The quantitative estimate of drug-likeness (QED) is 0.302. The summed E-state index contributed by atoms with van der Waals surface area (Å²) in [4.78, 5) is 46.5. The Morgan fingerprint density at radius 1 is 1.12 bits per heavy atom. The Morgan fingerprint density at radius 2 is 1.79 bits per heavy atom. The number of ketones is 1. The number of benzene rings is 1. The highest BCUT2D eigenvalue weighted by Gasteiger charge is 2.37. The van der Waals surface area contributed by atoms with Gasteiger partial charge in [0, 0.05) is 19.5 Å². The fraction of sp³-hybridized carbons (Fsp3) is 0.364. The van der Waals surface area contributed by atoms with Gasteiger partial charge < -0.3 is 14.4 Å². The lowest BCUT2D eigenvalue weighted by molar-refractivity contribution is -0.135. The van der Waals surface area contributed by atoms with Crippen molar-refractivity contribution < 1.29 is 32.6 Å². The van der Waals surface area contributed by atoms with Crippen molar-refractivity contribution in [1.82, 2.24) is 24.5 Å². The van der Waals surface area contributed by atoms with Gasteiger partial charge in [-0.05, 0) is 30.5 Å². The minimum Gasteiger partial charge on any atom is -0.479 e. The third kappa shape index (κ3) is 4.43. The second kappa shape index (κ2) is 9.12. The third-order valence-corrected chi connectivity index (χ3v) is 5.70. The number of carbonyl (C=O) groups excluding carboxylic acids is 3. The number of hydrogen-bond donors (Lipinski definition) is 0. The zero-order chi connectivity index (χ0) is 24.5. The molecule has 10 nitrogen and oxygen atoms in total. The first-order valence-electron chi connectivity index (χ1n) is 10.4. The topological polar surface area (TPSA) is 116 Å². The summed E-state index contributed by atoms with van der Waals surface area (Å²) in [5, 5.41) is 4.15. The Kier molecular flexibility index (Phi) is 6.22. The average Bonchev–Trinajstić information content (AvgIpc) is 3.26. The molecule has 0 aliphatic carbocycles. The van der Waals surface area contributed by atoms with Gasteiger partial charge in [0.25, 0.3) is 23.3 Å². The number of methoxy groups -OCH3 is 2. The average molecular weight is 473 g/mol. The number of nitrogens with zero attached hydrogens (tertiary/aromatic N) is 5. The molecule has 4 rings (SSSR count). The van der Waals surface area contributed by atoms with Crippen LogP contribution in [0.3, 0.4) is 0 Å². The summed E-state index contributed by atoms with van der Waals surface area (Å²) in [6.07, 6.45) is 1.35. The monoisotopic (exact) mass is 473 g/mol. The molecule has 1 saturated heterocycles. The number of halogens is 2. The highest BCUT2D eigenvalue weighted by atomic mass is 19.1. The van der Waals surface area contributed by atoms with E-state index in [-0.39, 0.29) is 55.4 Å². The Bertz CT molecular complexity index is 1250. The molecule has 0 unspecified atom stereocenters. The normalized spacial score (nSPS) is 15.2. The Balaban J connectivity index is 1.55. The minimum absolute atomic E-state index is 0.0543. The Hall–Kier alpha value is -3.96. The van der Waals surface area contributed by atoms with E-state index in [0.717, 1.165) is 17.8 Å². The largest absolute Gasteiger partial charge is 0.479 e. The van der Waals surface area contributed by atoms with Gasteiger partial charge in [-0.2, -0.15) is 14.6 Å². The van der Waals surface area contributed by atoms with Gasteiger partial charge in [-0.3, -0.25) is 9.59 Å². The van der Waals surface area contributed by atoms with Gasteiger partial charge in [-0.1, -0.05) is 12.1 Å². The predicted octanol–water partition coefficient (Wildman–Crippen LogP) is 1.81. The van der Waals surface area contributed by atoms with E-state index in [1.807, 2.05) is 0 Å². The van der Waals surface area contributed by atoms with Crippen molar-refractivity contribution in [3.05, 3.63) is 53.2 Å². The molecule has 2 aromatic heterocycles. The summed E-state index contributed by atoms with van der Waals surface area (Å²) >= 11 is 0. The van der Waals surface area contributed by atoms with Crippen molar-refractivity contribution in [3.8, 4) is 5.88 Å². The van der Waals surface area contributed by atoms with Gasteiger partial charge in [0.05, 0.1) is 20.4 Å². The van der Waals surface area contributed by atoms with Crippen LogP contribution in [0.4, 0.5) is 8.78 Å². The molecule has 1 amide bonds. The number of esters is 1. The molecule has 3 heterocycles. The van der Waals surface area contributed by atoms with Crippen molar-refractivity contribution in [2.45, 2.75) is 24.9 Å². The van der Waals surface area contributed by atoms with Crippen LogP contribution >= 0.6 is 0 Å². The zero-order valence-corrected chi connectivity index (χ0v) is 18.5. The van der Waals surface area contributed by atoms with Crippen LogP contribution in [-0.4, -0.2) is 75.1 Å². The lowest BCUT2D eigenvalue weighted by Gasteiger charge is -2.36. The first kappa shape index (κ1) is 23.2. The summed E-state index contributed by atoms with van der Waals surface area (Å²) in [5.41, 5.74) is -1.31. The van der Waals surface area contributed by atoms with Crippen LogP contribution in [0, 0.1) is 5.82 Å². The maximum absolute atomic E-state index is 15.4. The van der Waals surface area contributed by atoms with Gasteiger partial charge in [-0.25, -0.2) is 18.6 Å². The van der Waals surface area contributed by atoms with E-state index in [1.165, 1.54) is 24.1 Å².